The van der Waals surface area contributed by atoms with E-state index in [9.17, 15) is 4.39 Å². The number of hydrogen-bond acceptors (Lipinski definition) is 2. The first-order valence-corrected chi connectivity index (χ1v) is 6.88. The quantitative estimate of drug-likeness (QED) is 0.923. The van der Waals surface area contributed by atoms with Crippen LogP contribution in [0.1, 0.15) is 16.7 Å². The van der Waals surface area contributed by atoms with Gasteiger partial charge in [0.2, 0.25) is 0 Å². The van der Waals surface area contributed by atoms with Gasteiger partial charge in [-0.05, 0) is 41.3 Å². The molecule has 0 saturated carbocycles. The van der Waals surface area contributed by atoms with Crippen LogP contribution in [0.15, 0.2) is 36.4 Å². The zero-order valence-electron chi connectivity index (χ0n) is 11.6. The van der Waals surface area contributed by atoms with Gasteiger partial charge in [-0.25, -0.2) is 4.39 Å². The minimum Gasteiger partial charge on any atom is -0.496 e. The Kier molecular flexibility index (Phi) is 3.70. The molecule has 1 N–H and O–H groups in total. The average Bonchev–Trinajstić information content (AvgIpc) is 2.53. The predicted octanol–water partition coefficient (Wildman–Crippen LogP) is 3.48. The Balaban J connectivity index is 2.13. The van der Waals surface area contributed by atoms with E-state index in [1.54, 1.807) is 13.2 Å². The molecule has 0 spiro atoms. The van der Waals surface area contributed by atoms with E-state index >= 15 is 0 Å². The van der Waals surface area contributed by atoms with Gasteiger partial charge in [0.25, 0.3) is 0 Å². The van der Waals surface area contributed by atoms with Crippen LogP contribution in [-0.4, -0.2) is 13.7 Å². The maximum atomic E-state index is 12.8. The van der Waals surface area contributed by atoms with E-state index in [4.69, 9.17) is 4.74 Å². The van der Waals surface area contributed by atoms with Crippen LogP contribution < -0.4 is 10.1 Å². The molecule has 2 aromatic carbocycles. The second kappa shape index (κ2) is 5.63. The number of rotatable bonds is 3. The standard InChI is InChI=1S/C17H18FNO/c1-20-17-9-12(10-18)5-6-15(17)14-4-2-3-13-7-8-19-11-16(13)14/h2-6,9,19H,7-8,10-11H2,1H3. The topological polar surface area (TPSA) is 21.3 Å². The predicted molar refractivity (Wildman–Crippen MR) is 78.7 cm³/mol. The van der Waals surface area contributed by atoms with Crippen molar-refractivity contribution in [1.82, 2.24) is 5.32 Å². The molecule has 20 heavy (non-hydrogen) atoms. The van der Waals surface area contributed by atoms with Crippen molar-refractivity contribution >= 4 is 0 Å². The van der Waals surface area contributed by atoms with Crippen molar-refractivity contribution in [3.63, 3.8) is 0 Å². The van der Waals surface area contributed by atoms with E-state index < -0.39 is 6.67 Å². The highest BCUT2D eigenvalue weighted by molar-refractivity contribution is 5.75. The molecule has 0 aliphatic carbocycles. The molecule has 0 bridgehead atoms. The van der Waals surface area contributed by atoms with Crippen molar-refractivity contribution in [2.24, 2.45) is 0 Å². The molecule has 0 fully saturated rings. The summed E-state index contributed by atoms with van der Waals surface area (Å²) in [5.41, 5.74) is 5.57. The summed E-state index contributed by atoms with van der Waals surface area (Å²) in [4.78, 5) is 0. The van der Waals surface area contributed by atoms with Gasteiger partial charge >= 0.3 is 0 Å². The summed E-state index contributed by atoms with van der Waals surface area (Å²) in [5, 5.41) is 3.41. The van der Waals surface area contributed by atoms with Crippen molar-refractivity contribution < 1.29 is 9.13 Å². The van der Waals surface area contributed by atoms with Crippen LogP contribution in [0.3, 0.4) is 0 Å². The molecule has 2 nitrogen and oxygen atoms in total. The van der Waals surface area contributed by atoms with Gasteiger partial charge in [0.05, 0.1) is 7.11 Å². The molecular formula is C17H18FNO. The number of nitrogens with one attached hydrogen (secondary N) is 1. The first-order valence-electron chi connectivity index (χ1n) is 6.88. The Labute approximate surface area is 118 Å². The second-order valence-corrected chi connectivity index (χ2v) is 5.04. The highest BCUT2D eigenvalue weighted by Crippen LogP contribution is 2.35. The molecule has 0 atom stereocenters. The van der Waals surface area contributed by atoms with Crippen molar-refractivity contribution in [2.45, 2.75) is 19.6 Å². The van der Waals surface area contributed by atoms with Gasteiger partial charge in [-0.1, -0.05) is 30.3 Å². The molecule has 0 aromatic heterocycles. The van der Waals surface area contributed by atoms with Gasteiger partial charge in [-0.15, -0.1) is 0 Å². The number of hydrogen-bond donors (Lipinski definition) is 1. The maximum absolute atomic E-state index is 12.8. The fourth-order valence-electron chi connectivity index (χ4n) is 2.81. The molecule has 3 heteroatoms. The molecule has 104 valence electrons. The summed E-state index contributed by atoms with van der Waals surface area (Å²) >= 11 is 0. The highest BCUT2D eigenvalue weighted by Gasteiger charge is 2.16. The van der Waals surface area contributed by atoms with Crippen LogP contribution in [0.4, 0.5) is 4.39 Å². The van der Waals surface area contributed by atoms with Crippen LogP contribution in [0.5, 0.6) is 5.75 Å². The van der Waals surface area contributed by atoms with Crippen molar-refractivity contribution in [3.8, 4) is 16.9 Å². The number of alkyl halides is 1. The summed E-state index contributed by atoms with van der Waals surface area (Å²) in [6, 6.07) is 11.9. The molecular weight excluding hydrogens is 253 g/mol. The number of halogens is 1. The molecule has 1 aliphatic heterocycles. The molecule has 0 saturated heterocycles. The maximum Gasteiger partial charge on any atom is 0.127 e. The summed E-state index contributed by atoms with van der Waals surface area (Å²) in [5.74, 6) is 0.735. The lowest BCUT2D eigenvalue weighted by Crippen LogP contribution is -2.24. The monoisotopic (exact) mass is 271 g/mol. The van der Waals surface area contributed by atoms with Crippen LogP contribution in [0, 0.1) is 0 Å². The van der Waals surface area contributed by atoms with Gasteiger partial charge in [0.15, 0.2) is 0 Å². The number of methoxy groups -OCH3 is 1. The Bertz CT molecular complexity index is 624. The van der Waals surface area contributed by atoms with Crippen molar-refractivity contribution in [1.29, 1.82) is 0 Å². The fraction of sp³-hybridized carbons (Fsp3) is 0.294. The minimum atomic E-state index is -0.467. The number of benzene rings is 2. The Morgan fingerprint density at radius 1 is 1.20 bits per heavy atom. The second-order valence-electron chi connectivity index (χ2n) is 5.04. The number of fused-ring (bicyclic) bond motifs is 1. The summed E-state index contributed by atoms with van der Waals surface area (Å²) in [6.45, 7) is 1.43. The zero-order valence-corrected chi connectivity index (χ0v) is 11.6. The Morgan fingerprint density at radius 2 is 2.10 bits per heavy atom. The van der Waals surface area contributed by atoms with Gasteiger partial charge in [0.1, 0.15) is 12.4 Å². The summed E-state index contributed by atoms with van der Waals surface area (Å²) < 4.78 is 18.2. The highest BCUT2D eigenvalue weighted by atomic mass is 19.1. The largest absolute Gasteiger partial charge is 0.496 e. The van der Waals surface area contributed by atoms with E-state index in [1.165, 1.54) is 16.7 Å². The van der Waals surface area contributed by atoms with Crippen molar-refractivity contribution in [3.05, 3.63) is 53.1 Å². The first kappa shape index (κ1) is 13.1. The van der Waals surface area contributed by atoms with E-state index in [1.807, 2.05) is 12.1 Å². The van der Waals surface area contributed by atoms with E-state index in [0.717, 1.165) is 30.8 Å². The lowest BCUT2D eigenvalue weighted by molar-refractivity contribution is 0.413. The number of ether oxygens (including phenoxy) is 1. The minimum absolute atomic E-state index is 0.467. The lowest BCUT2D eigenvalue weighted by atomic mass is 9.91. The normalized spacial score (nSPS) is 13.9. The SMILES string of the molecule is COc1cc(CF)ccc1-c1cccc2c1CNCC2. The Morgan fingerprint density at radius 3 is 2.90 bits per heavy atom. The van der Waals surface area contributed by atoms with Gasteiger partial charge in [-0.3, -0.25) is 0 Å². The average molecular weight is 271 g/mol. The van der Waals surface area contributed by atoms with Crippen LogP contribution >= 0.6 is 0 Å². The van der Waals surface area contributed by atoms with E-state index in [0.29, 0.717) is 5.56 Å². The van der Waals surface area contributed by atoms with Gasteiger partial charge < -0.3 is 10.1 Å². The van der Waals surface area contributed by atoms with E-state index in [-0.39, 0.29) is 0 Å². The third-order valence-electron chi connectivity index (χ3n) is 3.86. The van der Waals surface area contributed by atoms with Gasteiger partial charge in [-0.2, -0.15) is 0 Å². The molecule has 0 amide bonds. The van der Waals surface area contributed by atoms with Crippen LogP contribution in [0.2, 0.25) is 0 Å². The smallest absolute Gasteiger partial charge is 0.127 e. The lowest BCUT2D eigenvalue weighted by Gasteiger charge is -2.21. The molecule has 3 rings (SSSR count). The first-order chi connectivity index (χ1) is 9.83. The van der Waals surface area contributed by atoms with Crippen LogP contribution in [-0.2, 0) is 19.6 Å². The van der Waals surface area contributed by atoms with E-state index in [2.05, 4.69) is 23.5 Å². The molecule has 0 unspecified atom stereocenters. The molecule has 2 aromatic rings. The summed E-state index contributed by atoms with van der Waals surface area (Å²) in [6.07, 6.45) is 1.05. The fourth-order valence-corrected chi connectivity index (χ4v) is 2.81. The van der Waals surface area contributed by atoms with Crippen molar-refractivity contribution in [2.75, 3.05) is 13.7 Å². The summed E-state index contributed by atoms with van der Waals surface area (Å²) in [7, 11) is 1.63. The molecule has 1 aliphatic rings. The third-order valence-corrected chi connectivity index (χ3v) is 3.86. The Hall–Kier alpha value is -1.87. The third kappa shape index (κ3) is 2.29. The molecule has 0 radical (unpaired) electrons. The van der Waals surface area contributed by atoms with Crippen LogP contribution in [0.25, 0.3) is 11.1 Å². The molecule has 1 heterocycles. The van der Waals surface area contributed by atoms with Gasteiger partial charge in [0, 0.05) is 12.1 Å². The zero-order chi connectivity index (χ0) is 13.9.